The highest BCUT2D eigenvalue weighted by Crippen LogP contribution is 2.12. The van der Waals surface area contributed by atoms with Crippen LogP contribution in [0, 0.1) is 6.92 Å². The third-order valence-electron chi connectivity index (χ3n) is 5.17. The second kappa shape index (κ2) is 8.41. The first kappa shape index (κ1) is 19.1. The van der Waals surface area contributed by atoms with Crippen LogP contribution in [0.25, 0.3) is 5.69 Å². The highest BCUT2D eigenvalue weighted by Gasteiger charge is 2.23. The molecule has 2 aromatic carbocycles. The quantitative estimate of drug-likeness (QED) is 0.689. The molecule has 0 unspecified atom stereocenters. The number of aromatic nitrogens is 2. The molecule has 1 fully saturated rings. The average Bonchev–Trinajstić information content (AvgIpc) is 2.75. The van der Waals surface area contributed by atoms with Crippen molar-refractivity contribution in [3.63, 3.8) is 0 Å². The molecule has 0 bridgehead atoms. The minimum Gasteiger partial charge on any atom is -0.335 e. The van der Waals surface area contributed by atoms with Crippen molar-refractivity contribution in [2.45, 2.75) is 13.5 Å². The van der Waals surface area contributed by atoms with Crippen molar-refractivity contribution in [3.8, 4) is 5.69 Å². The van der Waals surface area contributed by atoms with Crippen molar-refractivity contribution < 1.29 is 4.79 Å². The van der Waals surface area contributed by atoms with E-state index < -0.39 is 0 Å². The fourth-order valence-corrected chi connectivity index (χ4v) is 3.62. The van der Waals surface area contributed by atoms with E-state index in [0.29, 0.717) is 24.5 Å². The first-order valence-electron chi connectivity index (χ1n) is 9.83. The predicted octanol–water partition coefficient (Wildman–Crippen LogP) is 2.50. The number of hydrogen-bond acceptors (Lipinski definition) is 4. The molecule has 1 saturated heterocycles. The topological polar surface area (TPSA) is 58.4 Å². The number of nitrogens with zero attached hydrogens (tertiary/aromatic N) is 4. The van der Waals surface area contributed by atoms with Gasteiger partial charge in [0.05, 0.1) is 5.69 Å². The third kappa shape index (κ3) is 4.43. The molecular weight excluding hydrogens is 364 g/mol. The van der Waals surface area contributed by atoms with Gasteiger partial charge in [0.25, 0.3) is 11.5 Å². The van der Waals surface area contributed by atoms with Gasteiger partial charge in [-0.15, -0.1) is 0 Å². The van der Waals surface area contributed by atoms with Gasteiger partial charge in [0.2, 0.25) is 0 Å². The van der Waals surface area contributed by atoms with Gasteiger partial charge in [-0.2, -0.15) is 9.78 Å². The molecule has 148 valence electrons. The maximum atomic E-state index is 12.9. The van der Waals surface area contributed by atoms with Crippen molar-refractivity contribution in [1.82, 2.24) is 19.6 Å². The van der Waals surface area contributed by atoms with E-state index in [1.165, 1.54) is 27.9 Å². The Morgan fingerprint density at radius 3 is 2.41 bits per heavy atom. The predicted molar refractivity (Wildman–Crippen MR) is 112 cm³/mol. The Balaban J connectivity index is 1.43. The fraction of sp³-hybridized carbons (Fsp3) is 0.261. The monoisotopic (exact) mass is 388 g/mol. The van der Waals surface area contributed by atoms with Crippen LogP contribution < -0.4 is 5.56 Å². The molecule has 29 heavy (non-hydrogen) atoms. The van der Waals surface area contributed by atoms with Crippen LogP contribution in [-0.2, 0) is 6.54 Å². The largest absolute Gasteiger partial charge is 0.335 e. The summed E-state index contributed by atoms with van der Waals surface area (Å²) in [6.45, 7) is 5.92. The molecule has 0 saturated carbocycles. The molecule has 0 aliphatic carbocycles. The summed E-state index contributed by atoms with van der Waals surface area (Å²) < 4.78 is 1.28. The van der Waals surface area contributed by atoms with Crippen LogP contribution >= 0.6 is 0 Å². The van der Waals surface area contributed by atoms with E-state index in [-0.39, 0.29) is 11.5 Å². The Hall–Kier alpha value is -3.25. The van der Waals surface area contributed by atoms with E-state index in [2.05, 4.69) is 41.2 Å². The highest BCUT2D eigenvalue weighted by atomic mass is 16.2. The van der Waals surface area contributed by atoms with Gasteiger partial charge in [0.15, 0.2) is 0 Å². The summed E-state index contributed by atoms with van der Waals surface area (Å²) in [6.07, 6.45) is 0. The number of benzene rings is 2. The smallest absolute Gasteiger partial charge is 0.274 e. The van der Waals surface area contributed by atoms with Crippen molar-refractivity contribution >= 4 is 5.91 Å². The highest BCUT2D eigenvalue weighted by molar-refractivity contribution is 5.92. The number of rotatable bonds is 4. The van der Waals surface area contributed by atoms with E-state index in [1.807, 2.05) is 23.1 Å². The van der Waals surface area contributed by atoms with E-state index in [4.69, 9.17) is 0 Å². The zero-order valence-electron chi connectivity index (χ0n) is 16.5. The molecule has 0 spiro atoms. The molecule has 0 N–H and O–H groups in total. The number of para-hydroxylation sites is 1. The average molecular weight is 388 g/mol. The van der Waals surface area contributed by atoms with Crippen LogP contribution in [0.3, 0.4) is 0 Å². The summed E-state index contributed by atoms with van der Waals surface area (Å²) in [6, 6.07) is 20.6. The van der Waals surface area contributed by atoms with Gasteiger partial charge < -0.3 is 4.90 Å². The van der Waals surface area contributed by atoms with Crippen molar-refractivity contribution in [2.24, 2.45) is 0 Å². The van der Waals surface area contributed by atoms with Gasteiger partial charge in [-0.3, -0.25) is 14.5 Å². The molecule has 4 rings (SSSR count). The number of aryl methyl sites for hydroxylation is 1. The molecular formula is C23H24N4O2. The Labute approximate surface area is 170 Å². The van der Waals surface area contributed by atoms with Gasteiger partial charge >= 0.3 is 0 Å². The first-order valence-corrected chi connectivity index (χ1v) is 9.83. The van der Waals surface area contributed by atoms with Gasteiger partial charge in [-0.25, -0.2) is 0 Å². The summed E-state index contributed by atoms with van der Waals surface area (Å²) in [5, 5.41) is 4.31. The number of piperazine rings is 1. The minimum atomic E-state index is -0.254. The standard InChI is InChI=1S/C23H24N4O2/c1-18-6-5-7-19(16-18)17-25-12-14-26(15-13-25)23(29)21-10-11-22(28)27(24-21)20-8-3-2-4-9-20/h2-11,16H,12-15,17H2,1H3. The molecule has 0 radical (unpaired) electrons. The Kier molecular flexibility index (Phi) is 5.53. The zero-order chi connectivity index (χ0) is 20.2. The summed E-state index contributed by atoms with van der Waals surface area (Å²) in [5.41, 5.74) is 3.24. The van der Waals surface area contributed by atoms with Crippen LogP contribution in [0.5, 0.6) is 0 Å². The first-order chi connectivity index (χ1) is 14.1. The van der Waals surface area contributed by atoms with Gasteiger partial charge in [-0.05, 0) is 30.7 Å². The van der Waals surface area contributed by atoms with Crippen LogP contribution in [0.15, 0.2) is 71.5 Å². The summed E-state index contributed by atoms with van der Waals surface area (Å²) in [7, 11) is 0. The van der Waals surface area contributed by atoms with Crippen molar-refractivity contribution in [1.29, 1.82) is 0 Å². The molecule has 2 heterocycles. The molecule has 3 aromatic rings. The van der Waals surface area contributed by atoms with E-state index in [0.717, 1.165) is 19.6 Å². The van der Waals surface area contributed by atoms with Crippen LogP contribution in [0.1, 0.15) is 21.6 Å². The molecule has 1 aliphatic rings. The Morgan fingerprint density at radius 1 is 0.931 bits per heavy atom. The lowest BCUT2D eigenvalue weighted by Crippen LogP contribution is -2.48. The molecule has 6 nitrogen and oxygen atoms in total. The molecule has 1 aliphatic heterocycles. The lowest BCUT2D eigenvalue weighted by atomic mass is 10.1. The van der Waals surface area contributed by atoms with Crippen LogP contribution in [-0.4, -0.2) is 51.7 Å². The second-order valence-electron chi connectivity index (χ2n) is 7.36. The normalized spacial score (nSPS) is 14.7. The maximum absolute atomic E-state index is 12.9. The summed E-state index contributed by atoms with van der Waals surface area (Å²) in [5.74, 6) is -0.134. The van der Waals surface area contributed by atoms with Gasteiger partial charge in [0.1, 0.15) is 5.69 Å². The Bertz CT molecular complexity index is 1050. The van der Waals surface area contributed by atoms with Crippen LogP contribution in [0.2, 0.25) is 0 Å². The number of amides is 1. The van der Waals surface area contributed by atoms with Crippen LogP contribution in [0.4, 0.5) is 0 Å². The maximum Gasteiger partial charge on any atom is 0.274 e. The summed E-state index contributed by atoms with van der Waals surface area (Å²) in [4.78, 5) is 29.3. The van der Waals surface area contributed by atoms with Crippen molar-refractivity contribution in [2.75, 3.05) is 26.2 Å². The van der Waals surface area contributed by atoms with Gasteiger partial charge in [0, 0.05) is 38.8 Å². The van der Waals surface area contributed by atoms with E-state index >= 15 is 0 Å². The fourth-order valence-electron chi connectivity index (χ4n) is 3.62. The molecule has 1 amide bonds. The molecule has 0 atom stereocenters. The summed E-state index contributed by atoms with van der Waals surface area (Å²) >= 11 is 0. The van der Waals surface area contributed by atoms with E-state index in [9.17, 15) is 9.59 Å². The van der Waals surface area contributed by atoms with Gasteiger partial charge in [-0.1, -0.05) is 48.0 Å². The lowest BCUT2D eigenvalue weighted by Gasteiger charge is -2.34. The van der Waals surface area contributed by atoms with E-state index in [1.54, 1.807) is 12.1 Å². The molecule has 1 aromatic heterocycles. The number of carbonyl (C=O) groups is 1. The second-order valence-corrected chi connectivity index (χ2v) is 7.36. The SMILES string of the molecule is Cc1cccc(CN2CCN(C(=O)c3ccc(=O)n(-c4ccccc4)n3)CC2)c1. The molecule has 6 heteroatoms. The third-order valence-corrected chi connectivity index (χ3v) is 5.17. The number of hydrogen-bond donors (Lipinski definition) is 0. The lowest BCUT2D eigenvalue weighted by molar-refractivity contribution is 0.0620. The van der Waals surface area contributed by atoms with Crippen molar-refractivity contribution in [3.05, 3.63) is 93.9 Å². The Morgan fingerprint density at radius 2 is 1.69 bits per heavy atom. The minimum absolute atomic E-state index is 0.134. The zero-order valence-corrected chi connectivity index (χ0v) is 16.5. The number of carbonyl (C=O) groups excluding carboxylic acids is 1.